The molecule has 2 aliphatic heterocycles. The van der Waals surface area contributed by atoms with E-state index in [1.54, 1.807) is 0 Å². The fourth-order valence-electron chi connectivity index (χ4n) is 4.30. The Morgan fingerprint density at radius 3 is 1.60 bits per heavy atom. The molecule has 0 saturated carbocycles. The molecule has 25 heavy (non-hydrogen) atoms. The molecule has 4 rings (SSSR count). The quantitative estimate of drug-likeness (QED) is 0.802. The number of benzene rings is 2. The molecule has 2 fully saturated rings. The first-order chi connectivity index (χ1) is 12.4. The Balaban J connectivity index is 1.49. The summed E-state index contributed by atoms with van der Waals surface area (Å²) in [6.07, 6.45) is 6.57. The van der Waals surface area contributed by atoms with Crippen LogP contribution in [0.25, 0.3) is 0 Å². The molecule has 0 aromatic heterocycles. The van der Waals surface area contributed by atoms with Crippen LogP contribution in [-0.4, -0.2) is 42.2 Å². The molecule has 0 spiro atoms. The molecule has 0 bridgehead atoms. The number of nitrogens with zero attached hydrogens (tertiary/aromatic N) is 3. The Kier molecular flexibility index (Phi) is 5.34. The molecule has 2 heterocycles. The Hall–Kier alpha value is -1.84. The number of hydrogen-bond donors (Lipinski definition) is 0. The van der Waals surface area contributed by atoms with E-state index in [4.69, 9.17) is 0 Å². The maximum Gasteiger partial charge on any atom is 0.0413 e. The van der Waals surface area contributed by atoms with Gasteiger partial charge in [-0.05, 0) is 49.9 Å². The highest BCUT2D eigenvalue weighted by Gasteiger charge is 2.28. The van der Waals surface area contributed by atoms with E-state index in [9.17, 15) is 0 Å². The van der Waals surface area contributed by atoms with Gasteiger partial charge in [0.2, 0.25) is 0 Å². The lowest BCUT2D eigenvalue weighted by Crippen LogP contribution is -2.52. The molecule has 0 amide bonds. The number of para-hydroxylation sites is 2. The highest BCUT2D eigenvalue weighted by Crippen LogP contribution is 2.32. The lowest BCUT2D eigenvalue weighted by molar-refractivity contribution is -0.0546. The first-order valence-electron chi connectivity index (χ1n) is 9.81. The minimum atomic E-state index is 0.575. The second kappa shape index (κ2) is 8.03. The van der Waals surface area contributed by atoms with Gasteiger partial charge >= 0.3 is 0 Å². The topological polar surface area (TPSA) is 9.72 Å². The highest BCUT2D eigenvalue weighted by molar-refractivity contribution is 5.64. The molecule has 0 unspecified atom stereocenters. The van der Waals surface area contributed by atoms with Gasteiger partial charge in [-0.25, -0.2) is 10.0 Å². The van der Waals surface area contributed by atoms with Gasteiger partial charge in [0.25, 0.3) is 0 Å². The van der Waals surface area contributed by atoms with E-state index < -0.39 is 0 Å². The number of rotatable bonds is 4. The van der Waals surface area contributed by atoms with Crippen molar-refractivity contribution in [3.8, 4) is 0 Å². The zero-order valence-corrected chi connectivity index (χ0v) is 15.1. The lowest BCUT2D eigenvalue weighted by atomic mass is 10.0. The monoisotopic (exact) mass is 335 g/mol. The Morgan fingerprint density at radius 1 is 0.600 bits per heavy atom. The van der Waals surface area contributed by atoms with Crippen molar-refractivity contribution in [3.05, 3.63) is 60.7 Å². The van der Waals surface area contributed by atoms with Crippen molar-refractivity contribution in [2.24, 2.45) is 0 Å². The molecule has 2 aromatic rings. The van der Waals surface area contributed by atoms with Gasteiger partial charge in [-0.15, -0.1) is 0 Å². The summed E-state index contributed by atoms with van der Waals surface area (Å²) in [5, 5.41) is 5.22. The van der Waals surface area contributed by atoms with Crippen LogP contribution in [0.5, 0.6) is 0 Å². The van der Waals surface area contributed by atoms with Crippen molar-refractivity contribution in [1.82, 2.24) is 10.0 Å². The summed E-state index contributed by atoms with van der Waals surface area (Å²) in [6.45, 7) is 4.87. The van der Waals surface area contributed by atoms with Crippen molar-refractivity contribution in [2.45, 2.75) is 38.1 Å². The standard InChI is InChI=1S/C22H29N3/c1-4-10-20(11-5-1)25(21-12-6-2-7-13-21)22-14-18-24(19-15-22)23-16-8-3-9-17-23/h1-2,4-7,10-13,22H,3,8-9,14-19H2. The van der Waals surface area contributed by atoms with Crippen LogP contribution < -0.4 is 4.90 Å². The van der Waals surface area contributed by atoms with Gasteiger partial charge in [-0.3, -0.25) is 0 Å². The zero-order valence-electron chi connectivity index (χ0n) is 15.1. The van der Waals surface area contributed by atoms with Gasteiger partial charge in [0, 0.05) is 43.6 Å². The van der Waals surface area contributed by atoms with Crippen molar-refractivity contribution in [1.29, 1.82) is 0 Å². The minimum Gasteiger partial charge on any atom is -0.338 e. The number of hydrazine groups is 1. The van der Waals surface area contributed by atoms with Crippen LogP contribution >= 0.6 is 0 Å². The van der Waals surface area contributed by atoms with E-state index in [1.165, 1.54) is 69.7 Å². The molecule has 2 aromatic carbocycles. The molecule has 132 valence electrons. The van der Waals surface area contributed by atoms with E-state index >= 15 is 0 Å². The van der Waals surface area contributed by atoms with Gasteiger partial charge in [-0.2, -0.15) is 0 Å². The fourth-order valence-corrected chi connectivity index (χ4v) is 4.30. The van der Waals surface area contributed by atoms with Crippen LogP contribution in [0.2, 0.25) is 0 Å². The van der Waals surface area contributed by atoms with Gasteiger partial charge in [0.1, 0.15) is 0 Å². The normalized spacial score (nSPS) is 20.5. The molecular formula is C22H29N3. The van der Waals surface area contributed by atoms with Crippen molar-refractivity contribution < 1.29 is 0 Å². The third-order valence-electron chi connectivity index (χ3n) is 5.61. The Labute approximate surface area is 151 Å². The lowest BCUT2D eigenvalue weighted by Gasteiger charge is -2.44. The van der Waals surface area contributed by atoms with E-state index in [0.717, 1.165) is 0 Å². The van der Waals surface area contributed by atoms with Crippen LogP contribution in [-0.2, 0) is 0 Å². The highest BCUT2D eigenvalue weighted by atomic mass is 15.6. The third kappa shape index (κ3) is 3.88. The van der Waals surface area contributed by atoms with Gasteiger partial charge in [0.05, 0.1) is 0 Å². The number of anilines is 2. The second-order valence-corrected chi connectivity index (χ2v) is 7.24. The predicted octanol–water partition coefficient (Wildman–Crippen LogP) is 4.69. The van der Waals surface area contributed by atoms with E-state index in [0.29, 0.717) is 6.04 Å². The fraction of sp³-hybridized carbons (Fsp3) is 0.455. The van der Waals surface area contributed by atoms with Crippen LogP contribution in [0.15, 0.2) is 60.7 Å². The summed E-state index contributed by atoms with van der Waals surface area (Å²) in [7, 11) is 0. The van der Waals surface area contributed by atoms with Crippen molar-refractivity contribution >= 4 is 11.4 Å². The molecule has 3 nitrogen and oxygen atoms in total. The van der Waals surface area contributed by atoms with Gasteiger partial charge < -0.3 is 4.90 Å². The van der Waals surface area contributed by atoms with Crippen LogP contribution in [0.1, 0.15) is 32.1 Å². The van der Waals surface area contributed by atoms with E-state index in [2.05, 4.69) is 75.6 Å². The molecule has 3 heteroatoms. The molecule has 0 atom stereocenters. The average Bonchev–Trinajstić information content (AvgIpc) is 2.71. The number of piperidine rings is 2. The molecule has 2 saturated heterocycles. The summed E-state index contributed by atoms with van der Waals surface area (Å²) < 4.78 is 0. The Bertz CT molecular complexity index is 589. The second-order valence-electron chi connectivity index (χ2n) is 7.24. The van der Waals surface area contributed by atoms with Crippen molar-refractivity contribution in [3.63, 3.8) is 0 Å². The maximum atomic E-state index is 2.61. The summed E-state index contributed by atoms with van der Waals surface area (Å²) in [5.41, 5.74) is 2.62. The molecule has 0 aliphatic carbocycles. The third-order valence-corrected chi connectivity index (χ3v) is 5.61. The number of hydrogen-bond acceptors (Lipinski definition) is 3. The summed E-state index contributed by atoms with van der Waals surface area (Å²) in [5.74, 6) is 0. The van der Waals surface area contributed by atoms with E-state index in [1.807, 2.05) is 0 Å². The Morgan fingerprint density at radius 2 is 1.08 bits per heavy atom. The maximum absolute atomic E-state index is 2.61. The SMILES string of the molecule is c1ccc(N(c2ccccc2)C2CCN(N3CCCCC3)CC2)cc1. The molecule has 2 aliphatic rings. The minimum absolute atomic E-state index is 0.575. The van der Waals surface area contributed by atoms with Crippen molar-refractivity contribution in [2.75, 3.05) is 31.1 Å². The average molecular weight is 335 g/mol. The first kappa shape index (κ1) is 16.6. The predicted molar refractivity (Wildman–Crippen MR) is 105 cm³/mol. The molecule has 0 N–H and O–H groups in total. The summed E-state index contributed by atoms with van der Waals surface area (Å²) >= 11 is 0. The van der Waals surface area contributed by atoms with E-state index in [-0.39, 0.29) is 0 Å². The molecule has 0 radical (unpaired) electrons. The van der Waals surface area contributed by atoms with Crippen LogP contribution in [0, 0.1) is 0 Å². The first-order valence-corrected chi connectivity index (χ1v) is 9.81. The largest absolute Gasteiger partial charge is 0.338 e. The van der Waals surface area contributed by atoms with Gasteiger partial charge in [-0.1, -0.05) is 42.8 Å². The summed E-state index contributed by atoms with van der Waals surface area (Å²) in [4.78, 5) is 2.55. The summed E-state index contributed by atoms with van der Waals surface area (Å²) in [6, 6.07) is 22.3. The molecular weight excluding hydrogens is 306 g/mol. The smallest absolute Gasteiger partial charge is 0.0413 e. The van der Waals surface area contributed by atoms with Gasteiger partial charge in [0.15, 0.2) is 0 Å². The van der Waals surface area contributed by atoms with Crippen LogP contribution in [0.3, 0.4) is 0 Å². The van der Waals surface area contributed by atoms with Crippen LogP contribution in [0.4, 0.5) is 11.4 Å². The zero-order chi connectivity index (χ0) is 16.9.